The van der Waals surface area contributed by atoms with Crippen molar-refractivity contribution >= 4 is 11.9 Å². The van der Waals surface area contributed by atoms with Crippen molar-refractivity contribution in [2.45, 2.75) is 32.2 Å². The fourth-order valence-electron chi connectivity index (χ4n) is 2.32. The van der Waals surface area contributed by atoms with Crippen LogP contribution >= 0.6 is 0 Å². The minimum Gasteiger partial charge on any atom is -0.469 e. The van der Waals surface area contributed by atoms with Crippen molar-refractivity contribution in [3.8, 4) is 0 Å². The number of furan rings is 1. The second-order valence-electron chi connectivity index (χ2n) is 4.42. The van der Waals surface area contributed by atoms with E-state index >= 15 is 0 Å². The number of carbonyl (C=O) groups is 2. The van der Waals surface area contributed by atoms with Gasteiger partial charge in [0.1, 0.15) is 11.8 Å². The van der Waals surface area contributed by atoms with Crippen LogP contribution in [0.15, 0.2) is 16.7 Å². The zero-order valence-corrected chi connectivity index (χ0v) is 10.6. The smallest absolute Gasteiger partial charge is 0.328 e. The van der Waals surface area contributed by atoms with Gasteiger partial charge in [-0.2, -0.15) is 0 Å². The molecule has 0 bridgehead atoms. The number of likely N-dealkylation sites (tertiary alicyclic amines) is 1. The molecule has 1 fully saturated rings. The van der Waals surface area contributed by atoms with Gasteiger partial charge in [-0.25, -0.2) is 4.79 Å². The molecule has 1 aromatic heterocycles. The van der Waals surface area contributed by atoms with Crippen molar-refractivity contribution < 1.29 is 18.7 Å². The molecule has 0 aliphatic carbocycles. The molecule has 5 nitrogen and oxygen atoms in total. The summed E-state index contributed by atoms with van der Waals surface area (Å²) in [5, 5.41) is 0. The number of hydrogen-bond acceptors (Lipinski definition) is 4. The third kappa shape index (κ3) is 2.25. The molecule has 1 aromatic rings. The summed E-state index contributed by atoms with van der Waals surface area (Å²) in [5.41, 5.74) is 0.519. The minimum absolute atomic E-state index is 0.156. The van der Waals surface area contributed by atoms with Crippen LogP contribution in [0.2, 0.25) is 0 Å². The molecule has 2 heterocycles. The van der Waals surface area contributed by atoms with Crippen LogP contribution in [-0.2, 0) is 9.53 Å². The van der Waals surface area contributed by atoms with Crippen LogP contribution in [-0.4, -0.2) is 36.5 Å². The summed E-state index contributed by atoms with van der Waals surface area (Å²) in [6.45, 7) is 2.33. The van der Waals surface area contributed by atoms with E-state index in [-0.39, 0.29) is 11.9 Å². The van der Waals surface area contributed by atoms with Gasteiger partial charge < -0.3 is 14.1 Å². The van der Waals surface area contributed by atoms with Gasteiger partial charge in [0.25, 0.3) is 5.91 Å². The number of esters is 1. The number of amides is 1. The van der Waals surface area contributed by atoms with E-state index in [1.807, 2.05) is 0 Å². The summed E-state index contributed by atoms with van der Waals surface area (Å²) in [5.74, 6) is 0.0785. The zero-order chi connectivity index (χ0) is 13.1. The van der Waals surface area contributed by atoms with Crippen molar-refractivity contribution in [3.05, 3.63) is 23.7 Å². The first-order chi connectivity index (χ1) is 8.65. The van der Waals surface area contributed by atoms with Crippen LogP contribution in [0.5, 0.6) is 0 Å². The van der Waals surface area contributed by atoms with Gasteiger partial charge in [0.2, 0.25) is 0 Å². The Morgan fingerprint density at radius 1 is 1.44 bits per heavy atom. The molecule has 1 saturated heterocycles. The summed E-state index contributed by atoms with van der Waals surface area (Å²) in [6, 6.07) is 1.17. The lowest BCUT2D eigenvalue weighted by Crippen LogP contribution is -2.48. The van der Waals surface area contributed by atoms with Crippen LogP contribution in [0.4, 0.5) is 0 Å². The molecular formula is C13H17NO4. The lowest BCUT2D eigenvalue weighted by atomic mass is 10.0. The number of rotatable bonds is 2. The number of aryl methyl sites for hydroxylation is 1. The maximum absolute atomic E-state index is 12.4. The van der Waals surface area contributed by atoms with E-state index < -0.39 is 6.04 Å². The van der Waals surface area contributed by atoms with E-state index in [0.29, 0.717) is 24.3 Å². The average molecular weight is 251 g/mol. The fourth-order valence-corrected chi connectivity index (χ4v) is 2.32. The minimum atomic E-state index is -0.467. The molecule has 1 unspecified atom stereocenters. The van der Waals surface area contributed by atoms with E-state index in [1.165, 1.54) is 13.4 Å². The Morgan fingerprint density at radius 2 is 2.22 bits per heavy atom. The van der Waals surface area contributed by atoms with Gasteiger partial charge in [-0.15, -0.1) is 0 Å². The molecule has 1 atom stereocenters. The van der Waals surface area contributed by atoms with Crippen molar-refractivity contribution in [3.63, 3.8) is 0 Å². The molecule has 5 heteroatoms. The maximum atomic E-state index is 12.4. The third-order valence-electron chi connectivity index (χ3n) is 3.33. The molecule has 18 heavy (non-hydrogen) atoms. The van der Waals surface area contributed by atoms with E-state index in [9.17, 15) is 9.59 Å². The Balaban J connectivity index is 2.21. The SMILES string of the molecule is COC(=O)C1CCCCN1C(=O)c1ccoc1C. The molecule has 1 aliphatic heterocycles. The molecule has 0 saturated carbocycles. The molecule has 98 valence electrons. The first kappa shape index (κ1) is 12.7. The standard InChI is InChI=1S/C13H17NO4/c1-9-10(6-8-18-9)12(15)14-7-4-3-5-11(14)13(16)17-2/h6,8,11H,3-5,7H2,1-2H3. The molecule has 1 amide bonds. The van der Waals surface area contributed by atoms with Gasteiger partial charge in [0, 0.05) is 6.54 Å². The first-order valence-corrected chi connectivity index (χ1v) is 6.08. The van der Waals surface area contributed by atoms with Crippen molar-refractivity contribution in [1.29, 1.82) is 0 Å². The van der Waals surface area contributed by atoms with Gasteiger partial charge in [-0.3, -0.25) is 4.79 Å². The quantitative estimate of drug-likeness (QED) is 0.751. The van der Waals surface area contributed by atoms with Crippen LogP contribution in [0, 0.1) is 6.92 Å². The van der Waals surface area contributed by atoms with E-state index in [1.54, 1.807) is 17.9 Å². The Hall–Kier alpha value is -1.78. The van der Waals surface area contributed by atoms with Crippen molar-refractivity contribution in [2.24, 2.45) is 0 Å². The highest BCUT2D eigenvalue weighted by Crippen LogP contribution is 2.22. The molecule has 0 radical (unpaired) electrons. The van der Waals surface area contributed by atoms with Crippen LogP contribution in [0.25, 0.3) is 0 Å². The second kappa shape index (κ2) is 5.25. The van der Waals surface area contributed by atoms with Gasteiger partial charge in [0.15, 0.2) is 0 Å². The first-order valence-electron chi connectivity index (χ1n) is 6.08. The maximum Gasteiger partial charge on any atom is 0.328 e. The van der Waals surface area contributed by atoms with Crippen LogP contribution in [0.1, 0.15) is 35.4 Å². The number of piperidine rings is 1. The Bertz CT molecular complexity index is 452. The normalized spacial score (nSPS) is 19.7. The van der Waals surface area contributed by atoms with E-state index in [0.717, 1.165) is 12.8 Å². The highest BCUT2D eigenvalue weighted by molar-refractivity contribution is 5.97. The van der Waals surface area contributed by atoms with Crippen molar-refractivity contribution in [2.75, 3.05) is 13.7 Å². The van der Waals surface area contributed by atoms with E-state index in [4.69, 9.17) is 9.15 Å². The van der Waals surface area contributed by atoms with Crippen LogP contribution < -0.4 is 0 Å². The molecular weight excluding hydrogens is 234 g/mol. The fraction of sp³-hybridized carbons (Fsp3) is 0.538. The summed E-state index contributed by atoms with van der Waals surface area (Å²) < 4.78 is 9.90. The molecule has 0 N–H and O–H groups in total. The van der Waals surface area contributed by atoms with E-state index in [2.05, 4.69) is 0 Å². The predicted octanol–water partition coefficient (Wildman–Crippen LogP) is 1.76. The highest BCUT2D eigenvalue weighted by Gasteiger charge is 2.34. The average Bonchev–Trinajstić information content (AvgIpc) is 2.83. The topological polar surface area (TPSA) is 59.8 Å². The number of ether oxygens (including phenoxy) is 1. The molecule has 2 rings (SSSR count). The summed E-state index contributed by atoms with van der Waals surface area (Å²) in [6.07, 6.45) is 4.00. The third-order valence-corrected chi connectivity index (χ3v) is 3.33. The monoisotopic (exact) mass is 251 g/mol. The largest absolute Gasteiger partial charge is 0.469 e. The van der Waals surface area contributed by atoms with Gasteiger partial charge >= 0.3 is 5.97 Å². The number of hydrogen-bond donors (Lipinski definition) is 0. The van der Waals surface area contributed by atoms with Gasteiger partial charge in [-0.05, 0) is 32.3 Å². The highest BCUT2D eigenvalue weighted by atomic mass is 16.5. The Labute approximate surface area is 106 Å². The molecule has 0 aromatic carbocycles. The Kier molecular flexibility index (Phi) is 3.69. The van der Waals surface area contributed by atoms with Crippen molar-refractivity contribution in [1.82, 2.24) is 4.90 Å². The number of carbonyl (C=O) groups excluding carboxylic acids is 2. The zero-order valence-electron chi connectivity index (χ0n) is 10.6. The molecule has 0 spiro atoms. The predicted molar refractivity (Wildman–Crippen MR) is 64.1 cm³/mol. The van der Waals surface area contributed by atoms with Crippen LogP contribution in [0.3, 0.4) is 0 Å². The summed E-state index contributed by atoms with van der Waals surface area (Å²) in [4.78, 5) is 25.7. The van der Waals surface area contributed by atoms with Gasteiger partial charge in [0.05, 0.1) is 18.9 Å². The second-order valence-corrected chi connectivity index (χ2v) is 4.42. The Morgan fingerprint density at radius 3 is 2.83 bits per heavy atom. The number of nitrogens with zero attached hydrogens (tertiary/aromatic N) is 1. The molecule has 1 aliphatic rings. The lowest BCUT2D eigenvalue weighted by Gasteiger charge is -2.33. The van der Waals surface area contributed by atoms with Gasteiger partial charge in [-0.1, -0.05) is 0 Å². The lowest BCUT2D eigenvalue weighted by molar-refractivity contribution is -0.147. The summed E-state index contributed by atoms with van der Waals surface area (Å²) in [7, 11) is 1.35. The summed E-state index contributed by atoms with van der Waals surface area (Å²) >= 11 is 0. The number of methoxy groups -OCH3 is 1.